The fourth-order valence-electron chi connectivity index (χ4n) is 1.21. The van der Waals surface area contributed by atoms with E-state index in [9.17, 15) is 9.59 Å². The number of rotatable bonds is 4. The van der Waals surface area contributed by atoms with Gasteiger partial charge < -0.3 is 4.74 Å². The molecule has 3 nitrogen and oxygen atoms in total. The van der Waals surface area contributed by atoms with E-state index in [-0.39, 0.29) is 5.33 Å². The highest BCUT2D eigenvalue weighted by atomic mass is 79.9. The molecular formula is C11H11BrO3. The molecule has 80 valence electrons. The Labute approximate surface area is 96.6 Å². The average molecular weight is 271 g/mol. The van der Waals surface area contributed by atoms with Crippen LogP contribution >= 0.6 is 15.9 Å². The number of hydrogen-bond donors (Lipinski definition) is 0. The molecule has 15 heavy (non-hydrogen) atoms. The fourth-order valence-corrected chi connectivity index (χ4v) is 1.46. The number of aryl methyl sites for hydroxylation is 1. The van der Waals surface area contributed by atoms with E-state index in [4.69, 9.17) is 4.74 Å². The van der Waals surface area contributed by atoms with Crippen LogP contribution in [0.15, 0.2) is 18.2 Å². The van der Waals surface area contributed by atoms with Gasteiger partial charge in [-0.05, 0) is 19.1 Å². The van der Waals surface area contributed by atoms with Crippen molar-refractivity contribution >= 4 is 27.5 Å². The van der Waals surface area contributed by atoms with E-state index in [1.165, 1.54) is 7.11 Å². The van der Waals surface area contributed by atoms with Gasteiger partial charge in [-0.1, -0.05) is 27.6 Å². The van der Waals surface area contributed by atoms with Crippen LogP contribution < -0.4 is 4.74 Å². The summed E-state index contributed by atoms with van der Waals surface area (Å²) in [6.45, 7) is 1.86. The number of ether oxygens (including phenoxy) is 1. The van der Waals surface area contributed by atoms with Crippen LogP contribution in [-0.4, -0.2) is 24.0 Å². The van der Waals surface area contributed by atoms with Gasteiger partial charge in [0, 0.05) is 0 Å². The molecule has 0 aliphatic carbocycles. The molecule has 0 N–H and O–H groups in total. The van der Waals surface area contributed by atoms with Crippen LogP contribution in [0.5, 0.6) is 5.75 Å². The summed E-state index contributed by atoms with van der Waals surface area (Å²) in [4.78, 5) is 22.9. The smallest absolute Gasteiger partial charge is 0.233 e. The zero-order valence-corrected chi connectivity index (χ0v) is 10.1. The molecule has 0 unspecified atom stereocenters. The Morgan fingerprint density at radius 2 is 2.07 bits per heavy atom. The summed E-state index contributed by atoms with van der Waals surface area (Å²) in [7, 11) is 1.47. The van der Waals surface area contributed by atoms with Crippen molar-refractivity contribution < 1.29 is 14.3 Å². The highest BCUT2D eigenvalue weighted by Gasteiger charge is 2.18. The lowest BCUT2D eigenvalue weighted by Crippen LogP contribution is -2.16. The fraction of sp³-hybridized carbons (Fsp3) is 0.273. The van der Waals surface area contributed by atoms with E-state index < -0.39 is 11.6 Å². The Balaban J connectivity index is 3.17. The predicted octanol–water partition coefficient (Wildman–Crippen LogP) is 2.15. The molecule has 0 bridgehead atoms. The summed E-state index contributed by atoms with van der Waals surface area (Å²) in [5.41, 5.74) is 1.24. The SMILES string of the molecule is COc1ccc(C)cc1C(=O)C(=O)CBr. The molecule has 4 heteroatoms. The first kappa shape index (κ1) is 11.9. The first-order chi connectivity index (χ1) is 7.10. The van der Waals surface area contributed by atoms with Crippen molar-refractivity contribution in [1.82, 2.24) is 0 Å². The number of Topliss-reactive ketones (excluding diaryl/α,β-unsaturated/α-hetero) is 2. The van der Waals surface area contributed by atoms with E-state index >= 15 is 0 Å². The van der Waals surface area contributed by atoms with Crippen molar-refractivity contribution in [3.8, 4) is 5.75 Å². The van der Waals surface area contributed by atoms with Crippen LogP contribution in [0, 0.1) is 6.92 Å². The van der Waals surface area contributed by atoms with Crippen molar-refractivity contribution in [3.05, 3.63) is 29.3 Å². The molecule has 0 saturated carbocycles. The largest absolute Gasteiger partial charge is 0.496 e. The maximum Gasteiger partial charge on any atom is 0.233 e. The predicted molar refractivity (Wildman–Crippen MR) is 60.9 cm³/mol. The molecule has 0 saturated heterocycles. The van der Waals surface area contributed by atoms with E-state index in [1.54, 1.807) is 12.1 Å². The second-order valence-electron chi connectivity index (χ2n) is 3.09. The lowest BCUT2D eigenvalue weighted by molar-refractivity contribution is -0.112. The van der Waals surface area contributed by atoms with Crippen molar-refractivity contribution in [2.24, 2.45) is 0 Å². The highest BCUT2D eigenvalue weighted by molar-refractivity contribution is 9.09. The molecular weight excluding hydrogens is 260 g/mol. The Hall–Kier alpha value is -1.16. The van der Waals surface area contributed by atoms with Gasteiger partial charge in [0.25, 0.3) is 0 Å². The molecule has 0 aliphatic heterocycles. The van der Waals surface area contributed by atoms with Crippen molar-refractivity contribution in [2.45, 2.75) is 6.92 Å². The average Bonchev–Trinajstić information content (AvgIpc) is 2.27. The number of carbonyl (C=O) groups excluding carboxylic acids is 2. The van der Waals surface area contributed by atoms with Gasteiger partial charge in [0.1, 0.15) is 5.75 Å². The third-order valence-corrected chi connectivity index (χ3v) is 2.48. The molecule has 1 rings (SSSR count). The Morgan fingerprint density at radius 3 is 2.60 bits per heavy atom. The molecule has 0 amide bonds. The topological polar surface area (TPSA) is 43.4 Å². The minimum atomic E-state index is -0.521. The summed E-state index contributed by atoms with van der Waals surface area (Å²) < 4.78 is 5.03. The molecule has 1 aromatic rings. The lowest BCUT2D eigenvalue weighted by Gasteiger charge is -2.06. The number of carbonyl (C=O) groups is 2. The van der Waals surface area contributed by atoms with Gasteiger partial charge in [0.05, 0.1) is 18.0 Å². The standard InChI is InChI=1S/C11H11BrO3/c1-7-3-4-10(15-2)8(5-7)11(14)9(13)6-12/h3-5H,6H2,1-2H3. The summed E-state index contributed by atoms with van der Waals surface area (Å²) in [6, 6.07) is 5.17. The van der Waals surface area contributed by atoms with Crippen LogP contribution in [0.25, 0.3) is 0 Å². The normalized spacial score (nSPS) is 9.80. The third kappa shape index (κ3) is 2.65. The van der Waals surface area contributed by atoms with Crippen LogP contribution in [0.1, 0.15) is 15.9 Å². The Morgan fingerprint density at radius 1 is 1.40 bits per heavy atom. The molecule has 0 aromatic heterocycles. The highest BCUT2D eigenvalue weighted by Crippen LogP contribution is 2.20. The minimum Gasteiger partial charge on any atom is -0.496 e. The Kier molecular flexibility index (Phi) is 4.03. The van der Waals surface area contributed by atoms with Gasteiger partial charge in [0.15, 0.2) is 0 Å². The summed E-state index contributed by atoms with van der Waals surface area (Å²) in [5, 5.41) is 0.0307. The molecule has 0 spiro atoms. The number of alkyl halides is 1. The number of benzene rings is 1. The van der Waals surface area contributed by atoms with Crippen LogP contribution in [0.4, 0.5) is 0 Å². The van der Waals surface area contributed by atoms with Crippen LogP contribution in [0.3, 0.4) is 0 Å². The first-order valence-corrected chi connectivity index (χ1v) is 5.50. The minimum absolute atomic E-state index is 0.0307. The quantitative estimate of drug-likeness (QED) is 0.478. The summed E-state index contributed by atoms with van der Waals surface area (Å²) in [5.74, 6) is -0.564. The zero-order valence-electron chi connectivity index (χ0n) is 8.54. The van der Waals surface area contributed by atoms with Gasteiger partial charge >= 0.3 is 0 Å². The van der Waals surface area contributed by atoms with Gasteiger partial charge in [-0.25, -0.2) is 0 Å². The maximum absolute atomic E-state index is 11.6. The summed E-state index contributed by atoms with van der Waals surface area (Å²) >= 11 is 2.97. The van der Waals surface area contributed by atoms with Crippen molar-refractivity contribution in [2.75, 3.05) is 12.4 Å². The first-order valence-electron chi connectivity index (χ1n) is 4.38. The summed E-state index contributed by atoms with van der Waals surface area (Å²) in [6.07, 6.45) is 0. The molecule has 0 fully saturated rings. The molecule has 0 aliphatic rings. The second kappa shape index (κ2) is 5.07. The van der Waals surface area contributed by atoms with Gasteiger partial charge in [-0.2, -0.15) is 0 Å². The van der Waals surface area contributed by atoms with E-state index in [1.807, 2.05) is 13.0 Å². The number of hydrogen-bond acceptors (Lipinski definition) is 3. The Bertz CT molecular complexity index is 399. The number of halogens is 1. The maximum atomic E-state index is 11.6. The monoisotopic (exact) mass is 270 g/mol. The van der Waals surface area contributed by atoms with Gasteiger partial charge in [-0.3, -0.25) is 9.59 Å². The van der Waals surface area contributed by atoms with Gasteiger partial charge in [0.2, 0.25) is 11.6 Å². The molecule has 1 aromatic carbocycles. The van der Waals surface area contributed by atoms with E-state index in [0.717, 1.165) is 5.56 Å². The van der Waals surface area contributed by atoms with E-state index in [0.29, 0.717) is 11.3 Å². The van der Waals surface area contributed by atoms with Crippen molar-refractivity contribution in [1.29, 1.82) is 0 Å². The van der Waals surface area contributed by atoms with E-state index in [2.05, 4.69) is 15.9 Å². The second-order valence-corrected chi connectivity index (χ2v) is 3.65. The van der Waals surface area contributed by atoms with Crippen LogP contribution in [0.2, 0.25) is 0 Å². The zero-order chi connectivity index (χ0) is 11.4. The van der Waals surface area contributed by atoms with Gasteiger partial charge in [-0.15, -0.1) is 0 Å². The number of ketones is 2. The molecule has 0 radical (unpaired) electrons. The van der Waals surface area contributed by atoms with Crippen molar-refractivity contribution in [3.63, 3.8) is 0 Å². The molecule has 0 heterocycles. The van der Waals surface area contributed by atoms with Crippen LogP contribution in [-0.2, 0) is 4.79 Å². The lowest BCUT2D eigenvalue weighted by atomic mass is 10.0. The number of methoxy groups -OCH3 is 1. The molecule has 0 atom stereocenters. The third-order valence-electron chi connectivity index (χ3n) is 1.97.